The SMILES string of the molecule is COC(=O)C1CC(C2CC(=O)OC2=O)c2ccccc2C1C=O. The van der Waals surface area contributed by atoms with Crippen LogP contribution in [0.2, 0.25) is 0 Å². The molecule has 1 aromatic carbocycles. The third-order valence-electron chi connectivity index (χ3n) is 4.74. The third kappa shape index (κ3) is 2.54. The molecule has 1 saturated heterocycles. The van der Waals surface area contributed by atoms with Gasteiger partial charge in [-0.2, -0.15) is 0 Å². The minimum Gasteiger partial charge on any atom is -0.469 e. The molecule has 1 aliphatic heterocycles. The molecule has 2 aliphatic rings. The molecule has 1 heterocycles. The van der Waals surface area contributed by atoms with Crippen LogP contribution < -0.4 is 0 Å². The number of cyclic esters (lactones) is 2. The van der Waals surface area contributed by atoms with Crippen molar-refractivity contribution in [2.45, 2.75) is 24.7 Å². The highest BCUT2D eigenvalue weighted by Gasteiger charge is 2.47. The van der Waals surface area contributed by atoms with Crippen LogP contribution in [0, 0.1) is 11.8 Å². The van der Waals surface area contributed by atoms with E-state index in [0.717, 1.165) is 11.8 Å². The van der Waals surface area contributed by atoms with Gasteiger partial charge in [-0.25, -0.2) is 0 Å². The predicted octanol–water partition coefficient (Wildman–Crippen LogP) is 1.34. The van der Waals surface area contributed by atoms with Crippen LogP contribution in [-0.4, -0.2) is 31.3 Å². The van der Waals surface area contributed by atoms with E-state index in [2.05, 4.69) is 4.74 Å². The van der Waals surface area contributed by atoms with Gasteiger partial charge < -0.3 is 14.3 Å². The Labute approximate surface area is 132 Å². The first-order valence-corrected chi connectivity index (χ1v) is 7.43. The molecule has 0 saturated carbocycles. The summed E-state index contributed by atoms with van der Waals surface area (Å²) < 4.78 is 9.47. The monoisotopic (exact) mass is 316 g/mol. The lowest BCUT2D eigenvalue weighted by atomic mass is 9.66. The van der Waals surface area contributed by atoms with Gasteiger partial charge in [0.25, 0.3) is 0 Å². The van der Waals surface area contributed by atoms with Crippen LogP contribution in [0.3, 0.4) is 0 Å². The fraction of sp³-hybridized carbons (Fsp3) is 0.412. The lowest BCUT2D eigenvalue weighted by molar-refractivity contribution is -0.154. The lowest BCUT2D eigenvalue weighted by Crippen LogP contribution is -2.34. The largest absolute Gasteiger partial charge is 0.469 e. The van der Waals surface area contributed by atoms with E-state index in [4.69, 9.17) is 4.74 Å². The fourth-order valence-corrected chi connectivity index (χ4v) is 3.66. The minimum atomic E-state index is -0.666. The molecular weight excluding hydrogens is 300 g/mol. The van der Waals surface area contributed by atoms with Crippen LogP contribution in [0.5, 0.6) is 0 Å². The number of rotatable bonds is 3. The average molecular weight is 316 g/mol. The van der Waals surface area contributed by atoms with Crippen molar-refractivity contribution in [2.75, 3.05) is 7.11 Å². The summed E-state index contributed by atoms with van der Waals surface area (Å²) in [5, 5.41) is 0. The van der Waals surface area contributed by atoms with Crippen molar-refractivity contribution in [1.82, 2.24) is 0 Å². The molecule has 120 valence electrons. The van der Waals surface area contributed by atoms with Crippen molar-refractivity contribution in [3.63, 3.8) is 0 Å². The topological polar surface area (TPSA) is 86.7 Å². The number of esters is 3. The van der Waals surface area contributed by atoms with Gasteiger partial charge >= 0.3 is 17.9 Å². The maximum absolute atomic E-state index is 12.1. The van der Waals surface area contributed by atoms with Gasteiger partial charge in [-0.15, -0.1) is 0 Å². The Kier molecular flexibility index (Phi) is 3.98. The van der Waals surface area contributed by atoms with E-state index in [1.54, 1.807) is 12.1 Å². The summed E-state index contributed by atoms with van der Waals surface area (Å²) in [5.74, 6) is -3.84. The third-order valence-corrected chi connectivity index (χ3v) is 4.74. The zero-order chi connectivity index (χ0) is 16.6. The van der Waals surface area contributed by atoms with Gasteiger partial charge in [0.15, 0.2) is 0 Å². The molecule has 4 unspecified atom stereocenters. The van der Waals surface area contributed by atoms with Crippen molar-refractivity contribution >= 4 is 24.2 Å². The molecule has 6 heteroatoms. The Morgan fingerprint density at radius 2 is 1.91 bits per heavy atom. The van der Waals surface area contributed by atoms with E-state index in [1.165, 1.54) is 7.11 Å². The summed E-state index contributed by atoms with van der Waals surface area (Å²) in [6, 6.07) is 7.21. The van der Waals surface area contributed by atoms with Crippen molar-refractivity contribution in [3.8, 4) is 0 Å². The number of hydrogen-bond donors (Lipinski definition) is 0. The number of fused-ring (bicyclic) bond motifs is 1. The van der Waals surface area contributed by atoms with Crippen molar-refractivity contribution < 1.29 is 28.7 Å². The first-order valence-electron chi connectivity index (χ1n) is 7.43. The van der Waals surface area contributed by atoms with E-state index in [0.29, 0.717) is 5.56 Å². The van der Waals surface area contributed by atoms with Gasteiger partial charge in [0, 0.05) is 0 Å². The second kappa shape index (κ2) is 5.95. The molecule has 0 amide bonds. The fourth-order valence-electron chi connectivity index (χ4n) is 3.66. The highest BCUT2D eigenvalue weighted by Crippen LogP contribution is 2.47. The Morgan fingerprint density at radius 1 is 1.22 bits per heavy atom. The van der Waals surface area contributed by atoms with Gasteiger partial charge in [-0.3, -0.25) is 14.4 Å². The number of carbonyl (C=O) groups excluding carboxylic acids is 4. The molecule has 1 fully saturated rings. The van der Waals surface area contributed by atoms with Gasteiger partial charge in [0.1, 0.15) is 6.29 Å². The lowest BCUT2D eigenvalue weighted by Gasteiger charge is -2.35. The van der Waals surface area contributed by atoms with E-state index in [-0.39, 0.29) is 18.8 Å². The summed E-state index contributed by atoms with van der Waals surface area (Å²) in [6.07, 6.45) is 1.02. The average Bonchev–Trinajstić information content (AvgIpc) is 2.90. The molecule has 0 bridgehead atoms. The van der Waals surface area contributed by atoms with Crippen LogP contribution in [-0.2, 0) is 28.7 Å². The Balaban J connectivity index is 2.06. The highest BCUT2D eigenvalue weighted by molar-refractivity contribution is 5.95. The van der Waals surface area contributed by atoms with E-state index in [9.17, 15) is 19.2 Å². The first-order chi connectivity index (χ1) is 11.1. The first kappa shape index (κ1) is 15.4. The number of carbonyl (C=O) groups is 4. The molecule has 4 atom stereocenters. The van der Waals surface area contributed by atoms with Gasteiger partial charge in [0.2, 0.25) is 0 Å². The number of benzene rings is 1. The molecule has 23 heavy (non-hydrogen) atoms. The summed E-state index contributed by atoms with van der Waals surface area (Å²) in [4.78, 5) is 47.0. The summed E-state index contributed by atoms with van der Waals surface area (Å²) in [5.41, 5.74) is 1.53. The maximum atomic E-state index is 12.1. The Hall–Kier alpha value is -2.50. The quantitative estimate of drug-likeness (QED) is 0.475. The normalized spacial score (nSPS) is 29.6. The Bertz CT molecular complexity index is 679. The molecule has 0 spiro atoms. The zero-order valence-corrected chi connectivity index (χ0v) is 12.6. The van der Waals surface area contributed by atoms with Crippen LogP contribution in [0.1, 0.15) is 35.8 Å². The number of ether oxygens (including phenoxy) is 2. The molecule has 0 radical (unpaired) electrons. The van der Waals surface area contributed by atoms with Gasteiger partial charge in [-0.1, -0.05) is 24.3 Å². The van der Waals surface area contributed by atoms with Gasteiger partial charge in [0.05, 0.1) is 31.3 Å². The maximum Gasteiger partial charge on any atom is 0.317 e. The van der Waals surface area contributed by atoms with Gasteiger partial charge in [-0.05, 0) is 23.5 Å². The molecule has 3 rings (SSSR count). The highest BCUT2D eigenvalue weighted by atomic mass is 16.6. The zero-order valence-electron chi connectivity index (χ0n) is 12.6. The standard InChI is InChI=1S/C17H16O6/c1-22-16(20)12-6-11(13-7-15(19)23-17(13)21)9-4-2-3-5-10(9)14(12)8-18/h2-5,8,11-14H,6-7H2,1H3. The predicted molar refractivity (Wildman–Crippen MR) is 77.3 cm³/mol. The van der Waals surface area contributed by atoms with Crippen LogP contribution in [0.15, 0.2) is 24.3 Å². The molecule has 0 aromatic heterocycles. The smallest absolute Gasteiger partial charge is 0.317 e. The number of methoxy groups -OCH3 is 1. The minimum absolute atomic E-state index is 0.00250. The molecule has 0 N–H and O–H groups in total. The second-order valence-corrected chi connectivity index (χ2v) is 5.87. The number of hydrogen-bond acceptors (Lipinski definition) is 6. The number of aldehydes is 1. The van der Waals surface area contributed by atoms with Crippen LogP contribution >= 0.6 is 0 Å². The molecule has 6 nitrogen and oxygen atoms in total. The van der Waals surface area contributed by atoms with Crippen molar-refractivity contribution in [1.29, 1.82) is 0 Å². The van der Waals surface area contributed by atoms with Crippen molar-refractivity contribution in [3.05, 3.63) is 35.4 Å². The van der Waals surface area contributed by atoms with E-state index >= 15 is 0 Å². The van der Waals surface area contributed by atoms with E-state index < -0.39 is 35.7 Å². The van der Waals surface area contributed by atoms with Crippen LogP contribution in [0.4, 0.5) is 0 Å². The summed E-state index contributed by atoms with van der Waals surface area (Å²) in [7, 11) is 1.27. The summed E-state index contributed by atoms with van der Waals surface area (Å²) >= 11 is 0. The molecular formula is C17H16O6. The van der Waals surface area contributed by atoms with Crippen molar-refractivity contribution in [2.24, 2.45) is 11.8 Å². The van der Waals surface area contributed by atoms with E-state index in [1.807, 2.05) is 12.1 Å². The molecule has 1 aromatic rings. The van der Waals surface area contributed by atoms with Crippen LogP contribution in [0.25, 0.3) is 0 Å². The second-order valence-electron chi connectivity index (χ2n) is 5.87. The molecule has 1 aliphatic carbocycles. The Morgan fingerprint density at radius 3 is 2.48 bits per heavy atom. The summed E-state index contributed by atoms with van der Waals surface area (Å²) in [6.45, 7) is 0.